The van der Waals surface area contributed by atoms with Crippen molar-refractivity contribution in [2.45, 2.75) is 36.8 Å². The van der Waals surface area contributed by atoms with E-state index < -0.39 is 48.7 Å². The largest absolute Gasteiger partial charge is 4.00 e. The molecule has 1 fully saturated rings. The molecule has 0 unspecified atom stereocenters. The minimum absolute atomic E-state index is 0. The summed E-state index contributed by atoms with van der Waals surface area (Å²) in [5, 5.41) is 57.0. The molecule has 168 valence electrons. The molecule has 0 amide bonds. The minimum Gasteiger partial charge on any atom is -0.504 e. The summed E-state index contributed by atoms with van der Waals surface area (Å²) in [5.41, 5.74) is 7.87. The van der Waals surface area contributed by atoms with Crippen LogP contribution in [0.3, 0.4) is 0 Å². The molecule has 0 aliphatic heterocycles. The summed E-state index contributed by atoms with van der Waals surface area (Å²) < 4.78 is 4.92. The number of ether oxygens (including phenoxy) is 1. The summed E-state index contributed by atoms with van der Waals surface area (Å²) in [5.74, 6) is -3.24. The maximum absolute atomic E-state index is 11.8. The van der Waals surface area contributed by atoms with Crippen LogP contribution < -0.4 is 11.5 Å². The first-order valence-electron chi connectivity index (χ1n) is 8.66. The van der Waals surface area contributed by atoms with Crippen molar-refractivity contribution in [3.8, 4) is 11.5 Å². The number of aliphatic carboxylic acids is 1. The van der Waals surface area contributed by atoms with Crippen molar-refractivity contribution in [3.63, 3.8) is 0 Å². The number of aliphatic hydroxyl groups is 3. The van der Waals surface area contributed by atoms with Crippen molar-refractivity contribution < 1.29 is 66.0 Å². The molecule has 4 atom stereocenters. The van der Waals surface area contributed by atoms with E-state index in [0.29, 0.717) is 18.7 Å². The van der Waals surface area contributed by atoms with Crippen LogP contribution in [0.5, 0.6) is 11.5 Å². The standard InChI is InChI=1S/C16H18O9.C2H8N2.Pt/c17-9-3-1-8(5-10(9)18)2-4-13(20)25-12-7-16(24,15(22)23)6-11(19)14(12)21;3-1-2-4;/h1-5,11-12,14,17-19,21,24H,6-7H2,(H,22,23);1-4H2;/q;;+4/b4-2+;;/t11-,12-,14-,16+;;/m1../s1. The molecule has 10 N–H and O–H groups in total. The van der Waals surface area contributed by atoms with E-state index >= 15 is 0 Å². The molecule has 0 spiro atoms. The second kappa shape index (κ2) is 12.6. The van der Waals surface area contributed by atoms with E-state index in [1.54, 1.807) is 0 Å². The number of nitrogens with two attached hydrogens (primary N) is 2. The van der Waals surface area contributed by atoms with Crippen molar-refractivity contribution in [3.05, 3.63) is 29.8 Å². The van der Waals surface area contributed by atoms with E-state index in [2.05, 4.69) is 0 Å². The first-order chi connectivity index (χ1) is 13.5. The van der Waals surface area contributed by atoms with Crippen LogP contribution in [-0.2, 0) is 35.4 Å². The molecule has 1 aliphatic rings. The van der Waals surface area contributed by atoms with E-state index in [9.17, 15) is 35.1 Å². The van der Waals surface area contributed by atoms with Crippen LogP contribution in [0.4, 0.5) is 0 Å². The summed E-state index contributed by atoms with van der Waals surface area (Å²) in [6.07, 6.45) is -3.44. The number of esters is 1. The number of phenols is 2. The maximum atomic E-state index is 11.8. The van der Waals surface area contributed by atoms with Gasteiger partial charge in [-0.25, -0.2) is 9.59 Å². The number of benzene rings is 1. The average Bonchev–Trinajstić information content (AvgIpc) is 2.66. The van der Waals surface area contributed by atoms with Gasteiger partial charge in [0, 0.05) is 32.0 Å². The van der Waals surface area contributed by atoms with Gasteiger partial charge in [-0.05, 0) is 23.8 Å². The monoisotopic (exact) mass is 609 g/mol. The second-order valence-corrected chi connectivity index (χ2v) is 6.44. The molecule has 12 heteroatoms. The Hall–Kier alpha value is -2.01. The van der Waals surface area contributed by atoms with Gasteiger partial charge in [0.2, 0.25) is 0 Å². The molecule has 1 aromatic carbocycles. The van der Waals surface area contributed by atoms with Gasteiger partial charge >= 0.3 is 33.0 Å². The van der Waals surface area contributed by atoms with E-state index in [1.165, 1.54) is 24.3 Å². The Morgan fingerprint density at radius 1 is 1.13 bits per heavy atom. The van der Waals surface area contributed by atoms with Gasteiger partial charge in [-0.3, -0.25) is 0 Å². The Labute approximate surface area is 186 Å². The Morgan fingerprint density at radius 2 is 1.73 bits per heavy atom. The first kappa shape index (κ1) is 28.0. The van der Waals surface area contributed by atoms with Crippen molar-refractivity contribution >= 4 is 18.0 Å². The summed E-state index contributed by atoms with van der Waals surface area (Å²) >= 11 is 0. The van der Waals surface area contributed by atoms with Crippen LogP contribution in [-0.4, -0.2) is 79.6 Å². The average molecular weight is 609 g/mol. The molecule has 0 bridgehead atoms. The minimum atomic E-state index is -2.31. The number of phenolic OH excluding ortho intramolecular Hbond substituents is 2. The zero-order chi connectivity index (χ0) is 22.2. The number of hydrogen-bond donors (Lipinski definition) is 8. The number of rotatable bonds is 5. The van der Waals surface area contributed by atoms with Gasteiger partial charge < -0.3 is 46.8 Å². The van der Waals surface area contributed by atoms with Crippen molar-refractivity contribution in [2.24, 2.45) is 11.5 Å². The van der Waals surface area contributed by atoms with Gasteiger partial charge in [0.05, 0.1) is 6.10 Å². The molecule has 0 radical (unpaired) electrons. The molecule has 0 heterocycles. The third-order valence-electron chi connectivity index (χ3n) is 4.10. The Kier molecular flexibility index (Phi) is 11.8. The van der Waals surface area contributed by atoms with Gasteiger partial charge in [0.1, 0.15) is 12.2 Å². The normalized spacial score (nSPS) is 25.6. The third-order valence-corrected chi connectivity index (χ3v) is 4.10. The smallest absolute Gasteiger partial charge is 0.504 e. The van der Waals surface area contributed by atoms with E-state index in [4.69, 9.17) is 21.3 Å². The van der Waals surface area contributed by atoms with Crippen LogP contribution in [0.1, 0.15) is 18.4 Å². The predicted octanol–water partition coefficient (Wildman–Crippen LogP) is -1.74. The van der Waals surface area contributed by atoms with Crippen LogP contribution in [0.25, 0.3) is 6.08 Å². The quantitative estimate of drug-likeness (QED) is 0.106. The number of carboxylic acids is 1. The summed E-state index contributed by atoms with van der Waals surface area (Å²) in [7, 11) is 0. The first-order valence-corrected chi connectivity index (χ1v) is 8.66. The number of carbonyl (C=O) groups excluding carboxylic acids is 1. The van der Waals surface area contributed by atoms with Gasteiger partial charge in [0.25, 0.3) is 0 Å². The number of aliphatic hydroxyl groups excluding tert-OH is 2. The molecule has 0 saturated heterocycles. The Morgan fingerprint density at radius 3 is 2.23 bits per heavy atom. The summed E-state index contributed by atoms with van der Waals surface area (Å²) in [4.78, 5) is 22.9. The molecule has 11 nitrogen and oxygen atoms in total. The van der Waals surface area contributed by atoms with Gasteiger partial charge in [0.15, 0.2) is 17.1 Å². The fraction of sp³-hybridized carbons (Fsp3) is 0.444. The molecule has 1 aliphatic carbocycles. The van der Waals surface area contributed by atoms with Crippen molar-refractivity contribution in [1.82, 2.24) is 0 Å². The number of aromatic hydroxyl groups is 2. The van der Waals surface area contributed by atoms with Gasteiger partial charge in [-0.1, -0.05) is 6.07 Å². The van der Waals surface area contributed by atoms with Crippen molar-refractivity contribution in [1.29, 1.82) is 0 Å². The SMILES string of the molecule is NCCN.O=C(/C=C/c1ccc(O)c(O)c1)O[C@@H]1C[C@](O)(C(=O)O)C[C@@H](O)[C@H]1O.[Pt+4]. The van der Waals surface area contributed by atoms with Crippen LogP contribution in [0.2, 0.25) is 0 Å². The fourth-order valence-electron chi connectivity index (χ4n) is 2.53. The predicted molar refractivity (Wildman–Crippen MR) is 101 cm³/mol. The summed E-state index contributed by atoms with van der Waals surface area (Å²) in [6, 6.07) is 3.83. The molecule has 30 heavy (non-hydrogen) atoms. The molecule has 1 saturated carbocycles. The zero-order valence-electron chi connectivity index (χ0n) is 15.8. The van der Waals surface area contributed by atoms with E-state index in [-0.39, 0.29) is 32.6 Å². The topological polar surface area (TPSA) is 217 Å². The van der Waals surface area contributed by atoms with Gasteiger partial charge in [-0.2, -0.15) is 0 Å². The molecular formula is C18H26N2O9Pt+4. The van der Waals surface area contributed by atoms with Gasteiger partial charge in [-0.15, -0.1) is 0 Å². The maximum Gasteiger partial charge on any atom is 4.00 e. The molecular weight excluding hydrogens is 583 g/mol. The molecule has 1 aromatic rings. The molecule has 0 aromatic heterocycles. The van der Waals surface area contributed by atoms with Crippen LogP contribution >= 0.6 is 0 Å². The van der Waals surface area contributed by atoms with Crippen molar-refractivity contribution in [2.75, 3.05) is 13.1 Å². The summed E-state index contributed by atoms with van der Waals surface area (Å²) in [6.45, 7) is 1.19. The number of hydrogen-bond acceptors (Lipinski definition) is 10. The van der Waals surface area contributed by atoms with Crippen LogP contribution in [0, 0.1) is 0 Å². The molecule has 2 rings (SSSR count). The number of carbonyl (C=O) groups is 2. The number of carboxylic acid groups (broad SMARTS) is 1. The Bertz CT molecular complexity index is 744. The second-order valence-electron chi connectivity index (χ2n) is 6.44. The fourth-order valence-corrected chi connectivity index (χ4v) is 2.53. The zero-order valence-corrected chi connectivity index (χ0v) is 18.1. The third kappa shape index (κ3) is 8.02. The van der Waals surface area contributed by atoms with E-state index in [0.717, 1.165) is 6.08 Å². The van der Waals surface area contributed by atoms with E-state index in [1.807, 2.05) is 0 Å². The Balaban J connectivity index is 0.00000154. The van der Waals surface area contributed by atoms with Crippen LogP contribution in [0.15, 0.2) is 24.3 Å².